The molecule has 12 heteroatoms. The maximum absolute atomic E-state index is 13.2. The van der Waals surface area contributed by atoms with Gasteiger partial charge in [0.25, 0.3) is 5.91 Å². The minimum absolute atomic E-state index is 0.0278. The number of thioether (sulfide) groups is 2. The van der Waals surface area contributed by atoms with Crippen molar-refractivity contribution in [1.29, 1.82) is 0 Å². The van der Waals surface area contributed by atoms with Gasteiger partial charge in [0.1, 0.15) is 5.37 Å². The Labute approximate surface area is 182 Å². The number of aliphatic carboxylic acids is 1. The number of carboxylic acid groups (broad SMARTS) is 1. The van der Waals surface area contributed by atoms with Crippen LogP contribution in [0.2, 0.25) is 0 Å². The van der Waals surface area contributed by atoms with Crippen LogP contribution in [0.3, 0.4) is 0 Å². The third-order valence-corrected chi connectivity index (χ3v) is 7.88. The van der Waals surface area contributed by atoms with E-state index in [1.54, 1.807) is 9.58 Å². The first kappa shape index (κ1) is 22.8. The molecule has 0 saturated carbocycles. The number of carbonyl (C=O) groups is 3. The molecule has 3 heterocycles. The highest BCUT2D eigenvalue weighted by atomic mass is 32.2. The molecule has 1 amide bonds. The fourth-order valence-corrected chi connectivity index (χ4v) is 6.12. The standard InChI is InChI=1S/C18H25N5O5S2/c1-9-11(13(26)18(2,3)4)23-14(27)12(28-5)15(23)29-16(9)30-17-19-20-21-22(17)8-6-7-10(24)25/h12,15-16H,6-8H2,1-5H3,(H,24,25)/t12-,15-,16?/m0/s1. The summed E-state index contributed by atoms with van der Waals surface area (Å²) < 4.78 is 6.72. The molecule has 1 N–H and O–H groups in total. The quantitative estimate of drug-likeness (QED) is 0.579. The average Bonchev–Trinajstić information content (AvgIpc) is 3.09. The zero-order valence-electron chi connectivity index (χ0n) is 17.5. The summed E-state index contributed by atoms with van der Waals surface area (Å²) in [7, 11) is 1.49. The molecule has 3 rings (SSSR count). The van der Waals surface area contributed by atoms with Gasteiger partial charge in [-0.3, -0.25) is 19.3 Å². The largest absolute Gasteiger partial charge is 0.481 e. The number of fused-ring (bicyclic) bond motifs is 1. The predicted octanol–water partition coefficient (Wildman–Crippen LogP) is 1.78. The lowest BCUT2D eigenvalue weighted by molar-refractivity contribution is -0.160. The normalized spacial score (nSPS) is 24.0. The number of ketones is 1. The first-order valence-electron chi connectivity index (χ1n) is 9.47. The van der Waals surface area contributed by atoms with E-state index in [9.17, 15) is 14.4 Å². The van der Waals surface area contributed by atoms with Gasteiger partial charge in [0.2, 0.25) is 5.16 Å². The van der Waals surface area contributed by atoms with Crippen molar-refractivity contribution in [2.45, 2.75) is 68.3 Å². The van der Waals surface area contributed by atoms with E-state index < -0.39 is 17.5 Å². The number of tetrazole rings is 1. The molecule has 2 aliphatic rings. The van der Waals surface area contributed by atoms with E-state index in [4.69, 9.17) is 9.84 Å². The highest BCUT2D eigenvalue weighted by molar-refractivity contribution is 8.17. The number of ether oxygens (including phenoxy) is 1. The fourth-order valence-electron chi connectivity index (χ4n) is 3.21. The molecule has 0 radical (unpaired) electrons. The number of Topliss-reactive ketones (excluding diaryl/α,β-unsaturated/α-hetero) is 1. The van der Waals surface area contributed by atoms with Crippen LogP contribution in [0.4, 0.5) is 0 Å². The molecule has 1 saturated heterocycles. The molecule has 1 aromatic heterocycles. The summed E-state index contributed by atoms with van der Waals surface area (Å²) >= 11 is 2.91. The summed E-state index contributed by atoms with van der Waals surface area (Å²) in [6, 6.07) is 0. The lowest BCUT2D eigenvalue weighted by Crippen LogP contribution is -2.66. The Morgan fingerprint density at radius 1 is 1.33 bits per heavy atom. The highest BCUT2D eigenvalue weighted by Gasteiger charge is 2.56. The third-order valence-electron chi connectivity index (χ3n) is 4.85. The van der Waals surface area contributed by atoms with Gasteiger partial charge in [0, 0.05) is 25.5 Å². The molecule has 0 aliphatic carbocycles. The first-order valence-corrected chi connectivity index (χ1v) is 11.3. The minimum atomic E-state index is -0.871. The van der Waals surface area contributed by atoms with Gasteiger partial charge in [-0.1, -0.05) is 32.5 Å². The topological polar surface area (TPSA) is 128 Å². The smallest absolute Gasteiger partial charge is 0.303 e. The van der Waals surface area contributed by atoms with Crippen LogP contribution in [0.25, 0.3) is 0 Å². The SMILES string of the molecule is CO[C@H]1C(=O)N2C(C(=O)C(C)(C)C)=C(C)C(Sc3nnnn3CCCC(=O)O)S[C@@H]12. The highest BCUT2D eigenvalue weighted by Crippen LogP contribution is 2.50. The van der Waals surface area contributed by atoms with Crippen molar-refractivity contribution in [2.75, 3.05) is 7.11 Å². The van der Waals surface area contributed by atoms with Crippen molar-refractivity contribution in [3.05, 3.63) is 11.3 Å². The molecule has 2 aliphatic heterocycles. The number of methoxy groups -OCH3 is 1. The summed E-state index contributed by atoms with van der Waals surface area (Å²) in [5, 5.41) is 20.8. The zero-order valence-corrected chi connectivity index (χ0v) is 19.1. The van der Waals surface area contributed by atoms with Crippen molar-refractivity contribution in [3.8, 4) is 0 Å². The molecular formula is C18H25N5O5S2. The number of aromatic nitrogens is 4. The molecule has 164 valence electrons. The number of β-lactam (4-membered cyclic amide) rings is 1. The van der Waals surface area contributed by atoms with Gasteiger partial charge in [0.15, 0.2) is 11.9 Å². The van der Waals surface area contributed by atoms with Gasteiger partial charge < -0.3 is 9.84 Å². The molecule has 1 unspecified atom stereocenters. The molecule has 10 nitrogen and oxygen atoms in total. The van der Waals surface area contributed by atoms with E-state index >= 15 is 0 Å². The summed E-state index contributed by atoms with van der Waals surface area (Å²) in [5.41, 5.74) is 0.561. The first-order chi connectivity index (χ1) is 14.1. The molecule has 0 spiro atoms. The van der Waals surface area contributed by atoms with Gasteiger partial charge in [-0.25, -0.2) is 4.68 Å². The Morgan fingerprint density at radius 2 is 2.03 bits per heavy atom. The van der Waals surface area contributed by atoms with Crippen LogP contribution in [0.15, 0.2) is 16.4 Å². The Morgan fingerprint density at radius 3 is 2.63 bits per heavy atom. The van der Waals surface area contributed by atoms with E-state index in [2.05, 4.69) is 15.5 Å². The fraction of sp³-hybridized carbons (Fsp3) is 0.667. The second-order valence-electron chi connectivity index (χ2n) is 8.13. The number of amides is 1. The van der Waals surface area contributed by atoms with Crippen LogP contribution in [0.5, 0.6) is 0 Å². The molecule has 1 fully saturated rings. The van der Waals surface area contributed by atoms with Crippen molar-refractivity contribution in [3.63, 3.8) is 0 Å². The van der Waals surface area contributed by atoms with E-state index in [0.29, 0.717) is 23.8 Å². The Balaban J connectivity index is 1.88. The number of hydrogen-bond acceptors (Lipinski definition) is 9. The Hall–Kier alpha value is -1.92. The van der Waals surface area contributed by atoms with Crippen LogP contribution in [-0.2, 0) is 25.7 Å². The van der Waals surface area contributed by atoms with E-state index in [0.717, 1.165) is 5.57 Å². The van der Waals surface area contributed by atoms with Gasteiger partial charge in [0.05, 0.1) is 10.3 Å². The van der Waals surface area contributed by atoms with Crippen molar-refractivity contribution >= 4 is 41.2 Å². The van der Waals surface area contributed by atoms with E-state index in [1.165, 1.54) is 30.6 Å². The van der Waals surface area contributed by atoms with Crippen LogP contribution < -0.4 is 0 Å². The molecule has 0 aromatic carbocycles. The van der Waals surface area contributed by atoms with Gasteiger partial charge in [-0.2, -0.15) is 0 Å². The van der Waals surface area contributed by atoms with Crippen LogP contribution in [-0.4, -0.2) is 71.0 Å². The average molecular weight is 456 g/mol. The summed E-state index contributed by atoms with van der Waals surface area (Å²) in [4.78, 5) is 38.1. The number of rotatable bonds is 8. The summed E-state index contributed by atoms with van der Waals surface area (Å²) in [6.07, 6.45) is -0.161. The predicted molar refractivity (Wildman–Crippen MR) is 111 cm³/mol. The third kappa shape index (κ3) is 4.26. The van der Waals surface area contributed by atoms with Crippen molar-refractivity contribution in [2.24, 2.45) is 5.41 Å². The molecule has 0 bridgehead atoms. The zero-order chi connectivity index (χ0) is 22.2. The van der Waals surface area contributed by atoms with Gasteiger partial charge in [-0.05, 0) is 29.3 Å². The second-order valence-corrected chi connectivity index (χ2v) is 10.7. The van der Waals surface area contributed by atoms with Crippen LogP contribution >= 0.6 is 23.5 Å². The Bertz CT molecular complexity index is 894. The van der Waals surface area contributed by atoms with Crippen LogP contribution in [0, 0.1) is 5.41 Å². The Kier molecular flexibility index (Phi) is 6.58. The van der Waals surface area contributed by atoms with Gasteiger partial charge in [-0.15, -0.1) is 16.9 Å². The number of carbonyl (C=O) groups excluding carboxylic acids is 2. The van der Waals surface area contributed by atoms with Crippen molar-refractivity contribution < 1.29 is 24.2 Å². The summed E-state index contributed by atoms with van der Waals surface area (Å²) in [5.74, 6) is -1.17. The number of hydrogen-bond donors (Lipinski definition) is 1. The van der Waals surface area contributed by atoms with Gasteiger partial charge >= 0.3 is 5.97 Å². The monoisotopic (exact) mass is 455 g/mol. The number of carboxylic acids is 1. The van der Waals surface area contributed by atoms with E-state index in [-0.39, 0.29) is 28.1 Å². The number of allylic oxidation sites excluding steroid dienone is 1. The summed E-state index contributed by atoms with van der Waals surface area (Å²) in [6.45, 7) is 7.72. The minimum Gasteiger partial charge on any atom is -0.481 e. The van der Waals surface area contributed by atoms with Crippen LogP contribution in [0.1, 0.15) is 40.5 Å². The lowest BCUT2D eigenvalue weighted by Gasteiger charge is -2.51. The maximum Gasteiger partial charge on any atom is 0.303 e. The molecule has 1 aromatic rings. The lowest BCUT2D eigenvalue weighted by atomic mass is 9.86. The number of aryl methyl sites for hydroxylation is 1. The number of nitrogens with zero attached hydrogens (tertiary/aromatic N) is 5. The second kappa shape index (κ2) is 8.67. The van der Waals surface area contributed by atoms with Crippen molar-refractivity contribution in [1.82, 2.24) is 25.1 Å². The molecule has 30 heavy (non-hydrogen) atoms. The molecular weight excluding hydrogens is 430 g/mol. The molecule has 3 atom stereocenters. The van der Waals surface area contributed by atoms with E-state index in [1.807, 2.05) is 27.7 Å². The maximum atomic E-state index is 13.2.